The molecule has 0 aliphatic carbocycles. The molecule has 0 radical (unpaired) electrons. The van der Waals surface area contributed by atoms with Crippen LogP contribution < -0.4 is 9.47 Å². The summed E-state index contributed by atoms with van der Waals surface area (Å²) in [5.41, 5.74) is 0.676. The van der Waals surface area contributed by atoms with Crippen LogP contribution in [0.5, 0.6) is 17.2 Å². The maximum atomic E-state index is 11.2. The Bertz CT molecular complexity index is 558. The summed E-state index contributed by atoms with van der Waals surface area (Å²) in [6, 6.07) is 14.5. The number of rotatable bonds is 5. The Labute approximate surface area is 112 Å². The van der Waals surface area contributed by atoms with Crippen LogP contribution in [0.1, 0.15) is 24.2 Å². The zero-order chi connectivity index (χ0) is 13.7. The van der Waals surface area contributed by atoms with Crippen molar-refractivity contribution in [1.29, 1.82) is 0 Å². The van der Waals surface area contributed by atoms with Crippen molar-refractivity contribution in [1.82, 2.24) is 0 Å². The van der Waals surface area contributed by atoms with Crippen LogP contribution in [0.25, 0.3) is 0 Å². The number of carbonyl (C=O) groups excluding carboxylic acids is 1. The van der Waals surface area contributed by atoms with Crippen LogP contribution in [0.15, 0.2) is 48.5 Å². The van der Waals surface area contributed by atoms with Gasteiger partial charge in [-0.05, 0) is 50.2 Å². The van der Waals surface area contributed by atoms with Gasteiger partial charge in [-0.15, -0.1) is 0 Å². The van der Waals surface area contributed by atoms with E-state index in [1.54, 1.807) is 31.2 Å². The molecule has 2 aromatic carbocycles. The minimum atomic E-state index is 0.0462. The van der Waals surface area contributed by atoms with Gasteiger partial charge >= 0.3 is 0 Å². The Balaban J connectivity index is 2.12. The number of ketones is 1. The highest BCUT2D eigenvalue weighted by Crippen LogP contribution is 2.25. The maximum absolute atomic E-state index is 11.2. The van der Waals surface area contributed by atoms with E-state index in [-0.39, 0.29) is 5.78 Å². The Kier molecular flexibility index (Phi) is 4.18. The van der Waals surface area contributed by atoms with Crippen LogP contribution in [-0.4, -0.2) is 12.4 Å². The van der Waals surface area contributed by atoms with Crippen LogP contribution in [0.3, 0.4) is 0 Å². The van der Waals surface area contributed by atoms with Crippen molar-refractivity contribution >= 4 is 5.78 Å². The molecular formula is C16H16O3. The number of ether oxygens (including phenoxy) is 2. The fraction of sp³-hybridized carbons (Fsp3) is 0.188. The summed E-state index contributed by atoms with van der Waals surface area (Å²) in [5, 5.41) is 0. The molecule has 0 saturated heterocycles. The van der Waals surface area contributed by atoms with Gasteiger partial charge in [-0.3, -0.25) is 4.79 Å². The third-order valence-corrected chi connectivity index (χ3v) is 2.61. The molecule has 0 fully saturated rings. The van der Waals surface area contributed by atoms with Gasteiger partial charge in [0.2, 0.25) is 0 Å². The Morgan fingerprint density at radius 2 is 1.68 bits per heavy atom. The average Bonchev–Trinajstić information content (AvgIpc) is 2.40. The lowest BCUT2D eigenvalue weighted by Gasteiger charge is -2.08. The van der Waals surface area contributed by atoms with Crippen molar-refractivity contribution in [3.8, 4) is 17.2 Å². The Morgan fingerprint density at radius 1 is 1.00 bits per heavy atom. The van der Waals surface area contributed by atoms with E-state index in [9.17, 15) is 4.79 Å². The van der Waals surface area contributed by atoms with Crippen molar-refractivity contribution < 1.29 is 14.3 Å². The lowest BCUT2D eigenvalue weighted by molar-refractivity contribution is 0.101. The first-order chi connectivity index (χ1) is 9.19. The van der Waals surface area contributed by atoms with E-state index in [0.717, 1.165) is 5.75 Å². The first-order valence-corrected chi connectivity index (χ1v) is 6.21. The zero-order valence-electron chi connectivity index (χ0n) is 11.1. The first kappa shape index (κ1) is 13.1. The standard InChI is InChI=1S/C16H16O3/c1-3-18-15-5-4-6-16(11-15)19-14-9-7-13(8-10-14)12(2)17/h4-11H,3H2,1-2H3. The van der Waals surface area contributed by atoms with Gasteiger partial charge in [0.15, 0.2) is 5.78 Å². The smallest absolute Gasteiger partial charge is 0.159 e. The lowest BCUT2D eigenvalue weighted by Crippen LogP contribution is -1.93. The van der Waals surface area contributed by atoms with Gasteiger partial charge in [0.25, 0.3) is 0 Å². The molecule has 0 atom stereocenters. The van der Waals surface area contributed by atoms with E-state index in [1.165, 1.54) is 0 Å². The molecule has 2 rings (SSSR count). The number of carbonyl (C=O) groups is 1. The molecule has 3 nitrogen and oxygen atoms in total. The van der Waals surface area contributed by atoms with Gasteiger partial charge < -0.3 is 9.47 Å². The van der Waals surface area contributed by atoms with Crippen molar-refractivity contribution in [2.45, 2.75) is 13.8 Å². The van der Waals surface area contributed by atoms with Crippen LogP contribution in [0, 0.1) is 0 Å². The van der Waals surface area contributed by atoms with E-state index < -0.39 is 0 Å². The highest BCUT2D eigenvalue weighted by atomic mass is 16.5. The molecule has 98 valence electrons. The average molecular weight is 256 g/mol. The molecule has 0 spiro atoms. The highest BCUT2D eigenvalue weighted by molar-refractivity contribution is 5.94. The molecule has 0 saturated carbocycles. The number of benzene rings is 2. The summed E-state index contributed by atoms with van der Waals surface area (Å²) in [7, 11) is 0. The predicted octanol–water partition coefficient (Wildman–Crippen LogP) is 4.08. The summed E-state index contributed by atoms with van der Waals surface area (Å²) in [6.45, 7) is 4.10. The molecule has 19 heavy (non-hydrogen) atoms. The Morgan fingerprint density at radius 3 is 2.32 bits per heavy atom. The van der Waals surface area contributed by atoms with Crippen molar-refractivity contribution in [2.75, 3.05) is 6.61 Å². The molecule has 0 aromatic heterocycles. The predicted molar refractivity (Wildman–Crippen MR) is 74.1 cm³/mol. The highest BCUT2D eigenvalue weighted by Gasteiger charge is 2.02. The van der Waals surface area contributed by atoms with E-state index in [1.807, 2.05) is 31.2 Å². The second-order valence-corrected chi connectivity index (χ2v) is 4.09. The molecule has 0 unspecified atom stereocenters. The van der Waals surface area contributed by atoms with E-state index in [4.69, 9.17) is 9.47 Å². The zero-order valence-corrected chi connectivity index (χ0v) is 11.1. The number of hydrogen-bond donors (Lipinski definition) is 0. The molecule has 0 bridgehead atoms. The van der Waals surface area contributed by atoms with Gasteiger partial charge in [-0.2, -0.15) is 0 Å². The summed E-state index contributed by atoms with van der Waals surface area (Å²) in [5.74, 6) is 2.23. The molecule has 3 heteroatoms. The normalized spacial score (nSPS) is 10.0. The van der Waals surface area contributed by atoms with Crippen LogP contribution >= 0.6 is 0 Å². The summed E-state index contributed by atoms with van der Waals surface area (Å²) < 4.78 is 11.1. The van der Waals surface area contributed by atoms with Gasteiger partial charge in [0, 0.05) is 11.6 Å². The monoisotopic (exact) mass is 256 g/mol. The minimum Gasteiger partial charge on any atom is -0.494 e. The van der Waals surface area contributed by atoms with Gasteiger partial charge in [0.1, 0.15) is 17.2 Å². The molecule has 0 heterocycles. The molecule has 0 aliphatic rings. The van der Waals surface area contributed by atoms with E-state index in [2.05, 4.69) is 0 Å². The summed E-state index contributed by atoms with van der Waals surface area (Å²) in [4.78, 5) is 11.2. The van der Waals surface area contributed by atoms with Crippen molar-refractivity contribution in [2.24, 2.45) is 0 Å². The van der Waals surface area contributed by atoms with E-state index in [0.29, 0.717) is 23.7 Å². The second kappa shape index (κ2) is 6.05. The topological polar surface area (TPSA) is 35.5 Å². The van der Waals surface area contributed by atoms with Crippen molar-refractivity contribution in [3.63, 3.8) is 0 Å². The van der Waals surface area contributed by atoms with Crippen LogP contribution in [-0.2, 0) is 0 Å². The molecule has 2 aromatic rings. The fourth-order valence-corrected chi connectivity index (χ4v) is 1.69. The first-order valence-electron chi connectivity index (χ1n) is 6.21. The third-order valence-electron chi connectivity index (χ3n) is 2.61. The second-order valence-electron chi connectivity index (χ2n) is 4.09. The van der Waals surface area contributed by atoms with E-state index >= 15 is 0 Å². The summed E-state index contributed by atoms with van der Waals surface area (Å²) in [6.07, 6.45) is 0. The molecule has 0 aliphatic heterocycles. The number of Topliss-reactive ketones (excluding diaryl/α,β-unsaturated/α-hetero) is 1. The SMILES string of the molecule is CCOc1cccc(Oc2ccc(C(C)=O)cc2)c1. The van der Waals surface area contributed by atoms with Crippen LogP contribution in [0.2, 0.25) is 0 Å². The molecule has 0 amide bonds. The number of hydrogen-bond acceptors (Lipinski definition) is 3. The van der Waals surface area contributed by atoms with Gasteiger partial charge in [-0.25, -0.2) is 0 Å². The van der Waals surface area contributed by atoms with Crippen LogP contribution in [0.4, 0.5) is 0 Å². The third kappa shape index (κ3) is 3.58. The maximum Gasteiger partial charge on any atom is 0.159 e. The largest absolute Gasteiger partial charge is 0.494 e. The molecular weight excluding hydrogens is 240 g/mol. The Hall–Kier alpha value is -2.29. The van der Waals surface area contributed by atoms with Gasteiger partial charge in [-0.1, -0.05) is 6.07 Å². The summed E-state index contributed by atoms with van der Waals surface area (Å²) >= 11 is 0. The minimum absolute atomic E-state index is 0.0462. The molecule has 0 N–H and O–H groups in total. The lowest BCUT2D eigenvalue weighted by atomic mass is 10.1. The quantitative estimate of drug-likeness (QED) is 0.756. The van der Waals surface area contributed by atoms with Crippen molar-refractivity contribution in [3.05, 3.63) is 54.1 Å². The fourth-order valence-electron chi connectivity index (χ4n) is 1.69. The van der Waals surface area contributed by atoms with Gasteiger partial charge in [0.05, 0.1) is 6.61 Å².